The van der Waals surface area contributed by atoms with Gasteiger partial charge in [0.25, 0.3) is 0 Å². The third-order valence-corrected chi connectivity index (χ3v) is 2.47. The molecule has 1 aromatic carbocycles. The predicted molar refractivity (Wildman–Crippen MR) is 61.6 cm³/mol. The minimum atomic E-state index is -1.04. The van der Waals surface area contributed by atoms with Crippen molar-refractivity contribution in [3.05, 3.63) is 41.0 Å². The molecule has 0 aliphatic heterocycles. The number of carbonyl (C=O) groups is 2. The van der Waals surface area contributed by atoms with Crippen molar-refractivity contribution in [2.45, 2.75) is 13.8 Å². The van der Waals surface area contributed by atoms with Crippen LogP contribution in [0.1, 0.15) is 19.4 Å². The third kappa shape index (κ3) is 2.80. The largest absolute Gasteiger partial charge is 0.465 e. The van der Waals surface area contributed by atoms with Gasteiger partial charge >= 0.3 is 5.97 Å². The van der Waals surface area contributed by atoms with E-state index in [0.29, 0.717) is 0 Å². The van der Waals surface area contributed by atoms with Gasteiger partial charge in [-0.15, -0.1) is 0 Å². The van der Waals surface area contributed by atoms with E-state index in [9.17, 15) is 18.4 Å². The van der Waals surface area contributed by atoms with Gasteiger partial charge in [-0.05, 0) is 37.1 Å². The first-order chi connectivity index (χ1) is 8.38. The molecule has 0 radical (unpaired) electrons. The monoisotopic (exact) mass is 254 g/mol. The van der Waals surface area contributed by atoms with Crippen LogP contribution in [0.25, 0.3) is 5.57 Å². The van der Waals surface area contributed by atoms with E-state index in [2.05, 4.69) is 4.74 Å². The summed E-state index contributed by atoms with van der Waals surface area (Å²) >= 11 is 0. The molecule has 0 aliphatic carbocycles. The van der Waals surface area contributed by atoms with Crippen LogP contribution in [0.5, 0.6) is 0 Å². The molecular weight excluding hydrogens is 242 g/mol. The number of halogens is 2. The van der Waals surface area contributed by atoms with Crippen molar-refractivity contribution in [1.29, 1.82) is 0 Å². The maximum Gasteiger partial charge on any atom is 0.341 e. The molecule has 0 spiro atoms. The Bertz CT molecular complexity index is 533. The Morgan fingerprint density at radius 3 is 2.17 bits per heavy atom. The molecule has 5 heteroatoms. The second kappa shape index (κ2) is 5.53. The lowest BCUT2D eigenvalue weighted by atomic mass is 9.99. The van der Waals surface area contributed by atoms with Crippen molar-refractivity contribution in [2.24, 2.45) is 0 Å². The second-order valence-corrected chi connectivity index (χ2v) is 3.68. The highest BCUT2D eigenvalue weighted by molar-refractivity contribution is 6.21. The van der Waals surface area contributed by atoms with Crippen molar-refractivity contribution in [2.75, 3.05) is 7.11 Å². The quantitative estimate of drug-likeness (QED) is 0.360. The summed E-state index contributed by atoms with van der Waals surface area (Å²) in [6.07, 6.45) is 0. The maximum atomic E-state index is 13.1. The number of allylic oxidation sites excluding steroid dienone is 1. The van der Waals surface area contributed by atoms with Gasteiger partial charge < -0.3 is 4.74 Å². The topological polar surface area (TPSA) is 43.4 Å². The number of rotatable bonds is 3. The molecule has 96 valence electrons. The van der Waals surface area contributed by atoms with E-state index in [1.807, 2.05) is 0 Å². The highest BCUT2D eigenvalue weighted by Gasteiger charge is 2.19. The first-order valence-electron chi connectivity index (χ1n) is 5.14. The van der Waals surface area contributed by atoms with Crippen LogP contribution in [0, 0.1) is 11.6 Å². The van der Waals surface area contributed by atoms with E-state index in [0.717, 1.165) is 19.2 Å². The second-order valence-electron chi connectivity index (χ2n) is 3.68. The number of Topliss-reactive ketones (excluding diaryl/α,β-unsaturated/α-hetero) is 1. The van der Waals surface area contributed by atoms with E-state index in [-0.39, 0.29) is 16.7 Å². The van der Waals surface area contributed by atoms with E-state index < -0.39 is 23.4 Å². The molecule has 18 heavy (non-hydrogen) atoms. The maximum absolute atomic E-state index is 13.1. The molecule has 0 unspecified atom stereocenters. The minimum absolute atomic E-state index is 0.177. The van der Waals surface area contributed by atoms with Crippen LogP contribution in [-0.2, 0) is 14.3 Å². The van der Waals surface area contributed by atoms with Gasteiger partial charge in [0.15, 0.2) is 17.4 Å². The molecule has 0 bridgehead atoms. The number of hydrogen-bond acceptors (Lipinski definition) is 3. The highest BCUT2D eigenvalue weighted by atomic mass is 19.2. The van der Waals surface area contributed by atoms with Crippen LogP contribution >= 0.6 is 0 Å². The van der Waals surface area contributed by atoms with E-state index >= 15 is 0 Å². The van der Waals surface area contributed by atoms with Gasteiger partial charge in [0, 0.05) is 0 Å². The number of hydrogen-bond donors (Lipinski definition) is 0. The Balaban J connectivity index is 3.38. The summed E-state index contributed by atoms with van der Waals surface area (Å²) in [5.41, 5.74) is 0.321. The fraction of sp³-hybridized carbons (Fsp3) is 0.231. The number of methoxy groups -OCH3 is 1. The van der Waals surface area contributed by atoms with E-state index in [1.165, 1.54) is 19.9 Å². The van der Waals surface area contributed by atoms with Gasteiger partial charge in [-0.25, -0.2) is 13.6 Å². The molecule has 0 heterocycles. The van der Waals surface area contributed by atoms with Gasteiger partial charge in [-0.3, -0.25) is 4.79 Å². The molecule has 0 saturated carbocycles. The first-order valence-corrected chi connectivity index (χ1v) is 5.14. The molecule has 0 amide bonds. The smallest absolute Gasteiger partial charge is 0.341 e. The van der Waals surface area contributed by atoms with Gasteiger partial charge in [-0.2, -0.15) is 0 Å². The van der Waals surface area contributed by atoms with Crippen LogP contribution < -0.4 is 0 Å². The van der Waals surface area contributed by atoms with Crippen molar-refractivity contribution in [1.82, 2.24) is 0 Å². The molecule has 1 aromatic rings. The summed E-state index contributed by atoms with van der Waals surface area (Å²) in [6.45, 7) is 2.68. The summed E-state index contributed by atoms with van der Waals surface area (Å²) in [7, 11) is 1.14. The van der Waals surface area contributed by atoms with Crippen LogP contribution in [0.3, 0.4) is 0 Å². The highest BCUT2D eigenvalue weighted by Crippen LogP contribution is 2.21. The van der Waals surface area contributed by atoms with Crippen molar-refractivity contribution in [3.8, 4) is 0 Å². The number of ether oxygens (including phenoxy) is 1. The average Bonchev–Trinajstić information content (AvgIpc) is 2.32. The predicted octanol–water partition coefficient (Wildman–Crippen LogP) is 2.50. The zero-order valence-corrected chi connectivity index (χ0v) is 10.2. The Morgan fingerprint density at radius 2 is 1.72 bits per heavy atom. The Labute approximate surface area is 103 Å². The Morgan fingerprint density at radius 1 is 1.11 bits per heavy atom. The molecule has 3 nitrogen and oxygen atoms in total. The standard InChI is InChI=1S/C13H12F2O3/c1-7(12(8(2)16)13(17)18-3)9-4-5-10(14)11(15)6-9/h4-6H,1-3H3. The van der Waals surface area contributed by atoms with Crippen LogP contribution in [0.15, 0.2) is 23.8 Å². The molecule has 0 aromatic heterocycles. The summed E-state index contributed by atoms with van der Waals surface area (Å²) in [5.74, 6) is -3.33. The lowest BCUT2D eigenvalue weighted by Gasteiger charge is -2.08. The summed E-state index contributed by atoms with van der Waals surface area (Å²) in [5, 5.41) is 0. The lowest BCUT2D eigenvalue weighted by Crippen LogP contribution is -2.13. The molecule has 0 aliphatic rings. The molecule has 0 atom stereocenters. The number of carbonyl (C=O) groups excluding carboxylic acids is 2. The first kappa shape index (κ1) is 14.0. The van der Waals surface area contributed by atoms with Gasteiger partial charge in [0.05, 0.1) is 7.11 Å². The van der Waals surface area contributed by atoms with E-state index in [4.69, 9.17) is 0 Å². The van der Waals surface area contributed by atoms with Crippen LogP contribution in [0.4, 0.5) is 8.78 Å². The molecule has 1 rings (SSSR count). The Kier molecular flexibility index (Phi) is 4.31. The zero-order valence-electron chi connectivity index (χ0n) is 10.2. The van der Waals surface area contributed by atoms with Crippen LogP contribution in [0.2, 0.25) is 0 Å². The number of benzene rings is 1. The van der Waals surface area contributed by atoms with Gasteiger partial charge in [-0.1, -0.05) is 6.07 Å². The third-order valence-electron chi connectivity index (χ3n) is 2.47. The van der Waals surface area contributed by atoms with Crippen molar-refractivity contribution in [3.63, 3.8) is 0 Å². The van der Waals surface area contributed by atoms with Gasteiger partial charge in [0.1, 0.15) is 5.57 Å². The number of ketones is 1. The van der Waals surface area contributed by atoms with Crippen molar-refractivity contribution >= 4 is 17.3 Å². The van der Waals surface area contributed by atoms with Crippen molar-refractivity contribution < 1.29 is 23.1 Å². The fourth-order valence-electron chi connectivity index (χ4n) is 1.54. The molecule has 0 saturated heterocycles. The molecule has 0 fully saturated rings. The zero-order chi connectivity index (χ0) is 13.9. The SMILES string of the molecule is COC(=O)C(C(C)=O)=C(C)c1ccc(F)c(F)c1. The average molecular weight is 254 g/mol. The minimum Gasteiger partial charge on any atom is -0.465 e. The summed E-state index contributed by atoms with van der Waals surface area (Å²) in [6, 6.07) is 3.15. The molecular formula is C13H12F2O3. The fourth-order valence-corrected chi connectivity index (χ4v) is 1.54. The van der Waals surface area contributed by atoms with E-state index in [1.54, 1.807) is 0 Å². The normalized spacial score (nSPS) is 11.8. The number of esters is 1. The van der Waals surface area contributed by atoms with Gasteiger partial charge in [0.2, 0.25) is 0 Å². The lowest BCUT2D eigenvalue weighted by molar-refractivity contribution is -0.137. The van der Waals surface area contributed by atoms with Crippen LogP contribution in [-0.4, -0.2) is 18.9 Å². The molecule has 0 N–H and O–H groups in total. The summed E-state index contributed by atoms with van der Waals surface area (Å²) < 4.78 is 30.4. The summed E-state index contributed by atoms with van der Waals surface area (Å²) in [4.78, 5) is 22.8. The Hall–Kier alpha value is -2.04.